The lowest BCUT2D eigenvalue weighted by Gasteiger charge is -2.17. The second-order valence-corrected chi connectivity index (χ2v) is 7.79. The molecule has 0 spiro atoms. The third-order valence-corrected chi connectivity index (χ3v) is 5.87. The average molecular weight is 396 g/mol. The Hall–Kier alpha value is -2.60. The van der Waals surface area contributed by atoms with E-state index in [1.807, 2.05) is 36.4 Å². The van der Waals surface area contributed by atoms with Gasteiger partial charge >= 0.3 is 0 Å². The van der Waals surface area contributed by atoms with Crippen LogP contribution in [0.15, 0.2) is 58.7 Å². The van der Waals surface area contributed by atoms with E-state index >= 15 is 0 Å². The van der Waals surface area contributed by atoms with Crippen molar-refractivity contribution >= 4 is 29.1 Å². The number of methoxy groups -OCH3 is 1. The molecule has 0 bridgehead atoms. The van der Waals surface area contributed by atoms with Crippen LogP contribution >= 0.6 is 11.8 Å². The quantitative estimate of drug-likeness (QED) is 0.507. The molecule has 0 radical (unpaired) electrons. The summed E-state index contributed by atoms with van der Waals surface area (Å²) in [5.74, 6) is 0.851. The van der Waals surface area contributed by atoms with E-state index in [9.17, 15) is 4.79 Å². The Balaban J connectivity index is 1.85. The Morgan fingerprint density at radius 1 is 1.18 bits per heavy atom. The van der Waals surface area contributed by atoms with Gasteiger partial charge in [-0.15, -0.1) is 5.10 Å². The van der Waals surface area contributed by atoms with Crippen molar-refractivity contribution in [3.05, 3.63) is 65.2 Å². The van der Waals surface area contributed by atoms with Crippen LogP contribution in [0.1, 0.15) is 36.5 Å². The maximum atomic E-state index is 12.9. The molecule has 0 saturated carbocycles. The van der Waals surface area contributed by atoms with E-state index in [2.05, 4.69) is 36.2 Å². The van der Waals surface area contributed by atoms with Crippen LogP contribution in [0.2, 0.25) is 0 Å². The molecule has 1 unspecified atom stereocenters. The van der Waals surface area contributed by atoms with Gasteiger partial charge in [-0.3, -0.25) is 9.69 Å². The number of carbonyl (C=O) groups is 1. The molecule has 0 aromatic heterocycles. The SMILES string of the molecule is CCCC1SC(=NN=Cc2ccccc2OC)N(Cc2ccccc2C)C1=O. The Labute approximate surface area is 170 Å². The summed E-state index contributed by atoms with van der Waals surface area (Å²) < 4.78 is 5.34. The number of ether oxygens (including phenoxy) is 1. The van der Waals surface area contributed by atoms with Crippen LogP contribution in [-0.4, -0.2) is 34.5 Å². The summed E-state index contributed by atoms with van der Waals surface area (Å²) >= 11 is 1.50. The normalized spacial score (nSPS) is 18.4. The molecule has 1 heterocycles. The van der Waals surface area contributed by atoms with Crippen LogP contribution < -0.4 is 4.74 Å². The van der Waals surface area contributed by atoms with Crippen LogP contribution in [-0.2, 0) is 11.3 Å². The summed E-state index contributed by atoms with van der Waals surface area (Å²) in [5, 5.41) is 9.19. The summed E-state index contributed by atoms with van der Waals surface area (Å²) in [4.78, 5) is 14.7. The molecule has 3 rings (SSSR count). The van der Waals surface area contributed by atoms with Gasteiger partial charge in [-0.05, 0) is 36.6 Å². The lowest BCUT2D eigenvalue weighted by molar-refractivity contribution is -0.126. The number of hydrogen-bond acceptors (Lipinski definition) is 5. The fourth-order valence-electron chi connectivity index (χ4n) is 3.05. The molecule has 2 aromatic rings. The third kappa shape index (κ3) is 4.62. The summed E-state index contributed by atoms with van der Waals surface area (Å²) in [6.45, 7) is 4.67. The summed E-state index contributed by atoms with van der Waals surface area (Å²) in [6.07, 6.45) is 3.46. The highest BCUT2D eigenvalue weighted by atomic mass is 32.2. The number of rotatable bonds is 7. The first kappa shape index (κ1) is 20.1. The van der Waals surface area contributed by atoms with E-state index < -0.39 is 0 Å². The molecular weight excluding hydrogens is 370 g/mol. The molecule has 1 amide bonds. The fourth-order valence-corrected chi connectivity index (χ4v) is 4.26. The van der Waals surface area contributed by atoms with Crippen molar-refractivity contribution < 1.29 is 9.53 Å². The van der Waals surface area contributed by atoms with E-state index in [4.69, 9.17) is 4.74 Å². The largest absolute Gasteiger partial charge is 0.496 e. The standard InChI is InChI=1S/C22H25N3O2S/c1-4-9-20-21(26)25(15-18-12-6-5-10-16(18)2)22(28-20)24-23-14-17-11-7-8-13-19(17)27-3/h5-8,10-14,20H,4,9,15H2,1-3H3. The maximum Gasteiger partial charge on any atom is 0.242 e. The van der Waals surface area contributed by atoms with Gasteiger partial charge in [0, 0.05) is 5.56 Å². The van der Waals surface area contributed by atoms with Gasteiger partial charge in [0.1, 0.15) is 5.75 Å². The Morgan fingerprint density at radius 2 is 1.93 bits per heavy atom. The van der Waals surface area contributed by atoms with Gasteiger partial charge in [0.2, 0.25) is 5.91 Å². The van der Waals surface area contributed by atoms with Gasteiger partial charge in [0.05, 0.1) is 25.1 Å². The van der Waals surface area contributed by atoms with Crippen LogP contribution in [0, 0.1) is 6.92 Å². The minimum Gasteiger partial charge on any atom is -0.496 e. The maximum absolute atomic E-state index is 12.9. The topological polar surface area (TPSA) is 54.3 Å². The lowest BCUT2D eigenvalue weighted by atomic mass is 10.1. The zero-order valence-electron chi connectivity index (χ0n) is 16.5. The molecule has 2 aromatic carbocycles. The van der Waals surface area contributed by atoms with E-state index in [0.717, 1.165) is 35.3 Å². The summed E-state index contributed by atoms with van der Waals surface area (Å²) in [5.41, 5.74) is 3.13. The van der Waals surface area contributed by atoms with Crippen molar-refractivity contribution in [3.8, 4) is 5.75 Å². The van der Waals surface area contributed by atoms with Gasteiger partial charge in [0.25, 0.3) is 0 Å². The van der Waals surface area contributed by atoms with Gasteiger partial charge in [-0.1, -0.05) is 61.5 Å². The highest BCUT2D eigenvalue weighted by molar-refractivity contribution is 8.15. The molecule has 5 nitrogen and oxygen atoms in total. The molecule has 0 aliphatic carbocycles. The zero-order chi connectivity index (χ0) is 19.9. The molecule has 6 heteroatoms. The monoisotopic (exact) mass is 395 g/mol. The molecule has 1 saturated heterocycles. The van der Waals surface area contributed by atoms with Crippen molar-refractivity contribution in [2.75, 3.05) is 7.11 Å². The van der Waals surface area contributed by atoms with E-state index in [1.54, 1.807) is 18.2 Å². The fraction of sp³-hybridized carbons (Fsp3) is 0.318. The van der Waals surface area contributed by atoms with Crippen molar-refractivity contribution in [2.45, 2.75) is 38.5 Å². The predicted octanol–water partition coefficient (Wildman–Crippen LogP) is 4.64. The minimum absolute atomic E-state index is 0.0887. The Bertz CT molecular complexity index is 895. The number of nitrogens with zero attached hydrogens (tertiary/aromatic N) is 3. The number of thioether (sulfide) groups is 1. The number of hydrogen-bond donors (Lipinski definition) is 0. The van der Waals surface area contributed by atoms with Gasteiger partial charge < -0.3 is 4.74 Å². The van der Waals surface area contributed by atoms with Crippen molar-refractivity contribution in [2.24, 2.45) is 10.2 Å². The van der Waals surface area contributed by atoms with Crippen molar-refractivity contribution in [1.82, 2.24) is 4.90 Å². The molecule has 146 valence electrons. The van der Waals surface area contributed by atoms with Crippen LogP contribution in [0.5, 0.6) is 5.75 Å². The van der Waals surface area contributed by atoms with Gasteiger partial charge in [-0.25, -0.2) is 0 Å². The Morgan fingerprint density at radius 3 is 2.68 bits per heavy atom. The average Bonchev–Trinajstić information content (AvgIpc) is 2.99. The zero-order valence-corrected chi connectivity index (χ0v) is 17.3. The first-order chi connectivity index (χ1) is 13.6. The number of benzene rings is 2. The van der Waals surface area contributed by atoms with E-state index in [-0.39, 0.29) is 11.2 Å². The molecule has 1 fully saturated rings. The number of amides is 1. The van der Waals surface area contributed by atoms with E-state index in [0.29, 0.717) is 11.7 Å². The second-order valence-electron chi connectivity index (χ2n) is 6.62. The van der Waals surface area contributed by atoms with Crippen molar-refractivity contribution in [1.29, 1.82) is 0 Å². The lowest BCUT2D eigenvalue weighted by Crippen LogP contribution is -2.31. The number of aryl methyl sites for hydroxylation is 1. The van der Waals surface area contributed by atoms with Gasteiger partial charge in [0.15, 0.2) is 5.17 Å². The molecular formula is C22H25N3O2S. The highest BCUT2D eigenvalue weighted by Crippen LogP contribution is 2.32. The predicted molar refractivity (Wildman–Crippen MR) is 116 cm³/mol. The van der Waals surface area contributed by atoms with Crippen LogP contribution in [0.4, 0.5) is 0 Å². The first-order valence-corrected chi connectivity index (χ1v) is 10.3. The van der Waals surface area contributed by atoms with Gasteiger partial charge in [-0.2, -0.15) is 5.10 Å². The third-order valence-electron chi connectivity index (χ3n) is 4.64. The minimum atomic E-state index is -0.0887. The molecule has 1 atom stereocenters. The highest BCUT2D eigenvalue weighted by Gasteiger charge is 2.37. The summed E-state index contributed by atoms with van der Waals surface area (Å²) in [7, 11) is 1.63. The first-order valence-electron chi connectivity index (χ1n) is 9.40. The molecule has 0 N–H and O–H groups in total. The number of para-hydroxylation sites is 1. The number of carbonyl (C=O) groups excluding carboxylic acids is 1. The number of amidine groups is 1. The van der Waals surface area contributed by atoms with Crippen LogP contribution in [0.3, 0.4) is 0 Å². The van der Waals surface area contributed by atoms with Crippen LogP contribution in [0.25, 0.3) is 0 Å². The van der Waals surface area contributed by atoms with Crippen molar-refractivity contribution in [3.63, 3.8) is 0 Å². The molecule has 1 aliphatic rings. The Kier molecular flexibility index (Phi) is 6.87. The summed E-state index contributed by atoms with van der Waals surface area (Å²) in [6, 6.07) is 15.7. The molecule has 28 heavy (non-hydrogen) atoms. The second kappa shape index (κ2) is 9.55. The van der Waals surface area contributed by atoms with E-state index in [1.165, 1.54) is 11.8 Å². The molecule has 1 aliphatic heterocycles. The smallest absolute Gasteiger partial charge is 0.242 e.